The molecular formula is C19H22FN5O2. The maximum Gasteiger partial charge on any atom is 0.223 e. The predicted octanol–water partition coefficient (Wildman–Crippen LogP) is 2.89. The number of ether oxygens (including phenoxy) is 1. The summed E-state index contributed by atoms with van der Waals surface area (Å²) in [5.74, 6) is 0.902. The van der Waals surface area contributed by atoms with E-state index in [9.17, 15) is 4.39 Å². The minimum Gasteiger partial charge on any atom is -0.378 e. The van der Waals surface area contributed by atoms with Gasteiger partial charge in [-0.1, -0.05) is 17.3 Å². The third kappa shape index (κ3) is 3.38. The summed E-state index contributed by atoms with van der Waals surface area (Å²) in [6.45, 7) is 8.20. The Kier molecular flexibility index (Phi) is 4.75. The van der Waals surface area contributed by atoms with Gasteiger partial charge in [0.1, 0.15) is 11.5 Å². The number of aryl methyl sites for hydroxylation is 2. The second-order valence-corrected chi connectivity index (χ2v) is 6.74. The molecule has 3 aromatic rings. The smallest absolute Gasteiger partial charge is 0.223 e. The minimum absolute atomic E-state index is 0.00178. The van der Waals surface area contributed by atoms with Crippen molar-refractivity contribution in [1.82, 2.24) is 24.8 Å². The van der Waals surface area contributed by atoms with Crippen molar-refractivity contribution in [2.75, 3.05) is 19.8 Å². The van der Waals surface area contributed by atoms with Gasteiger partial charge in [0.25, 0.3) is 0 Å². The zero-order valence-electron chi connectivity index (χ0n) is 15.6. The first-order chi connectivity index (χ1) is 13.0. The summed E-state index contributed by atoms with van der Waals surface area (Å²) in [5.41, 5.74) is 3.27. The van der Waals surface area contributed by atoms with Gasteiger partial charge in [0, 0.05) is 24.7 Å². The molecule has 3 heterocycles. The van der Waals surface area contributed by atoms with Crippen molar-refractivity contribution in [2.45, 2.75) is 33.4 Å². The normalized spacial score (nSPS) is 18.1. The number of aromatic nitrogens is 4. The van der Waals surface area contributed by atoms with E-state index in [0.29, 0.717) is 37.2 Å². The Hall–Kier alpha value is -2.58. The largest absolute Gasteiger partial charge is 0.378 e. The van der Waals surface area contributed by atoms with Gasteiger partial charge in [-0.05, 0) is 26.0 Å². The molecule has 0 saturated carbocycles. The van der Waals surface area contributed by atoms with Crippen molar-refractivity contribution in [3.05, 3.63) is 58.7 Å². The summed E-state index contributed by atoms with van der Waals surface area (Å²) in [6.07, 6.45) is 0. The SMILES string of the molecule is Cc1nc(CN2CCOCC2c2c(C)nn(-c3ccccc3F)c2C)no1. The molecule has 7 nitrogen and oxygen atoms in total. The van der Waals surface area contributed by atoms with Gasteiger partial charge >= 0.3 is 0 Å². The monoisotopic (exact) mass is 371 g/mol. The van der Waals surface area contributed by atoms with Crippen LogP contribution in [0.3, 0.4) is 0 Å². The van der Waals surface area contributed by atoms with Gasteiger partial charge in [-0.15, -0.1) is 0 Å². The van der Waals surface area contributed by atoms with Crippen LogP contribution in [0.4, 0.5) is 4.39 Å². The van der Waals surface area contributed by atoms with Gasteiger partial charge in [-0.2, -0.15) is 10.1 Å². The molecule has 1 aliphatic rings. The zero-order valence-corrected chi connectivity index (χ0v) is 15.6. The highest BCUT2D eigenvalue weighted by molar-refractivity contribution is 5.39. The fourth-order valence-electron chi connectivity index (χ4n) is 3.68. The van der Waals surface area contributed by atoms with Crippen molar-refractivity contribution in [1.29, 1.82) is 0 Å². The number of halogens is 1. The quantitative estimate of drug-likeness (QED) is 0.702. The molecule has 142 valence electrons. The highest BCUT2D eigenvalue weighted by atomic mass is 19.1. The minimum atomic E-state index is -0.298. The van der Waals surface area contributed by atoms with Gasteiger partial charge in [0.05, 0.1) is 31.5 Å². The van der Waals surface area contributed by atoms with Crippen molar-refractivity contribution >= 4 is 0 Å². The molecule has 27 heavy (non-hydrogen) atoms. The van der Waals surface area contributed by atoms with Gasteiger partial charge in [-0.25, -0.2) is 9.07 Å². The number of para-hydroxylation sites is 1. The summed E-state index contributed by atoms with van der Waals surface area (Å²) in [4.78, 5) is 6.57. The first kappa shape index (κ1) is 17.8. The Morgan fingerprint density at radius 3 is 2.78 bits per heavy atom. The van der Waals surface area contributed by atoms with Gasteiger partial charge < -0.3 is 9.26 Å². The van der Waals surface area contributed by atoms with E-state index in [2.05, 4.69) is 20.1 Å². The lowest BCUT2D eigenvalue weighted by Crippen LogP contribution is -2.39. The third-order valence-corrected chi connectivity index (χ3v) is 4.91. The summed E-state index contributed by atoms with van der Waals surface area (Å²) in [7, 11) is 0. The Morgan fingerprint density at radius 1 is 1.22 bits per heavy atom. The van der Waals surface area contributed by atoms with Crippen LogP contribution < -0.4 is 0 Å². The fourth-order valence-corrected chi connectivity index (χ4v) is 3.68. The molecule has 0 spiro atoms. The third-order valence-electron chi connectivity index (χ3n) is 4.91. The van der Waals surface area contributed by atoms with E-state index in [1.807, 2.05) is 19.9 Å². The van der Waals surface area contributed by atoms with E-state index in [4.69, 9.17) is 9.26 Å². The van der Waals surface area contributed by atoms with E-state index in [0.717, 1.165) is 23.5 Å². The number of nitrogens with zero attached hydrogens (tertiary/aromatic N) is 5. The summed E-state index contributed by atoms with van der Waals surface area (Å²) in [5, 5.41) is 8.61. The van der Waals surface area contributed by atoms with Crippen LogP contribution in [0.5, 0.6) is 0 Å². The molecular weight excluding hydrogens is 349 g/mol. The van der Waals surface area contributed by atoms with Crippen LogP contribution >= 0.6 is 0 Å². The Morgan fingerprint density at radius 2 is 2.04 bits per heavy atom. The predicted molar refractivity (Wildman–Crippen MR) is 96.0 cm³/mol. The first-order valence-corrected chi connectivity index (χ1v) is 8.96. The zero-order chi connectivity index (χ0) is 19.0. The molecule has 1 atom stereocenters. The molecule has 0 radical (unpaired) electrons. The van der Waals surface area contributed by atoms with Gasteiger partial charge in [0.2, 0.25) is 5.89 Å². The molecule has 0 N–H and O–H groups in total. The Balaban J connectivity index is 1.69. The number of rotatable bonds is 4. The molecule has 8 heteroatoms. The highest BCUT2D eigenvalue weighted by Gasteiger charge is 2.31. The maximum absolute atomic E-state index is 14.3. The number of hydrogen-bond donors (Lipinski definition) is 0. The van der Waals surface area contributed by atoms with Crippen LogP contribution in [0.2, 0.25) is 0 Å². The Labute approximate surface area is 156 Å². The number of benzene rings is 1. The molecule has 1 saturated heterocycles. The van der Waals surface area contributed by atoms with Crippen molar-refractivity contribution in [3.63, 3.8) is 0 Å². The van der Waals surface area contributed by atoms with Crippen molar-refractivity contribution in [2.24, 2.45) is 0 Å². The van der Waals surface area contributed by atoms with Gasteiger partial charge in [0.15, 0.2) is 5.82 Å². The molecule has 1 aliphatic heterocycles. The van der Waals surface area contributed by atoms with E-state index < -0.39 is 0 Å². The molecule has 0 amide bonds. The van der Waals surface area contributed by atoms with Gasteiger partial charge in [-0.3, -0.25) is 4.90 Å². The molecule has 1 unspecified atom stereocenters. The van der Waals surface area contributed by atoms with Crippen LogP contribution in [-0.4, -0.2) is 44.6 Å². The standard InChI is InChI=1S/C19H22FN5O2/c1-12-19(13(2)25(22-12)16-7-5-4-6-15(16)20)17-11-26-9-8-24(17)10-18-21-14(3)27-23-18/h4-7,17H,8-11H2,1-3H3. The summed E-state index contributed by atoms with van der Waals surface area (Å²) < 4.78 is 26.8. The topological polar surface area (TPSA) is 69.2 Å². The summed E-state index contributed by atoms with van der Waals surface area (Å²) >= 11 is 0. The molecule has 0 aliphatic carbocycles. The second kappa shape index (κ2) is 7.21. The average Bonchev–Trinajstić information content (AvgIpc) is 3.19. The maximum atomic E-state index is 14.3. The number of morpholine rings is 1. The van der Waals surface area contributed by atoms with Crippen LogP contribution in [0.15, 0.2) is 28.8 Å². The molecule has 1 fully saturated rings. The average molecular weight is 371 g/mol. The Bertz CT molecular complexity index is 951. The fraction of sp³-hybridized carbons (Fsp3) is 0.421. The highest BCUT2D eigenvalue weighted by Crippen LogP contribution is 2.31. The van der Waals surface area contributed by atoms with Crippen LogP contribution in [0.25, 0.3) is 5.69 Å². The molecule has 1 aromatic carbocycles. The molecule has 0 bridgehead atoms. The lowest BCUT2D eigenvalue weighted by molar-refractivity contribution is -0.0145. The van der Waals surface area contributed by atoms with Crippen LogP contribution in [0.1, 0.15) is 34.7 Å². The van der Waals surface area contributed by atoms with E-state index >= 15 is 0 Å². The second-order valence-electron chi connectivity index (χ2n) is 6.74. The van der Waals surface area contributed by atoms with Crippen molar-refractivity contribution < 1.29 is 13.7 Å². The first-order valence-electron chi connectivity index (χ1n) is 8.96. The van der Waals surface area contributed by atoms with Crippen LogP contribution in [0, 0.1) is 26.6 Å². The van der Waals surface area contributed by atoms with E-state index in [-0.39, 0.29) is 11.9 Å². The van der Waals surface area contributed by atoms with E-state index in [1.165, 1.54) is 6.07 Å². The van der Waals surface area contributed by atoms with Crippen LogP contribution in [-0.2, 0) is 11.3 Å². The van der Waals surface area contributed by atoms with E-state index in [1.54, 1.807) is 23.7 Å². The molecule has 4 rings (SSSR count). The lowest BCUT2D eigenvalue weighted by atomic mass is 10.0. The molecule has 2 aromatic heterocycles. The van der Waals surface area contributed by atoms with Crippen molar-refractivity contribution in [3.8, 4) is 5.69 Å². The summed E-state index contributed by atoms with van der Waals surface area (Å²) in [6, 6.07) is 6.66. The number of hydrogen-bond acceptors (Lipinski definition) is 6. The lowest BCUT2D eigenvalue weighted by Gasteiger charge is -2.35.